The molecule has 0 fully saturated rings. The molecule has 1 atom stereocenters. The molecule has 0 saturated carbocycles. The quantitative estimate of drug-likeness (QED) is 0.610. The predicted octanol–water partition coefficient (Wildman–Crippen LogP) is 4.85. The van der Waals surface area contributed by atoms with E-state index in [0.717, 1.165) is 21.8 Å². The van der Waals surface area contributed by atoms with E-state index >= 15 is 0 Å². The number of rotatable bonds is 7. The van der Waals surface area contributed by atoms with Crippen LogP contribution >= 0.6 is 11.8 Å². The number of carbonyl (C=O) groups excluding carboxylic acids is 1. The maximum absolute atomic E-state index is 12.9. The van der Waals surface area contributed by atoms with Gasteiger partial charge in [0.15, 0.2) is 0 Å². The minimum absolute atomic E-state index is 0.000807. The van der Waals surface area contributed by atoms with E-state index in [4.69, 9.17) is 4.74 Å². The summed E-state index contributed by atoms with van der Waals surface area (Å²) < 4.78 is 5.17. The highest BCUT2D eigenvalue weighted by atomic mass is 32.2. The average molecular weight is 363 g/mol. The van der Waals surface area contributed by atoms with E-state index in [-0.39, 0.29) is 11.2 Å². The van der Waals surface area contributed by atoms with Gasteiger partial charge in [-0.2, -0.15) is 0 Å². The summed E-state index contributed by atoms with van der Waals surface area (Å²) >= 11 is 1.56. The summed E-state index contributed by atoms with van der Waals surface area (Å²) in [6.45, 7) is 0.488. The van der Waals surface area contributed by atoms with Gasteiger partial charge in [0, 0.05) is 11.4 Å². The van der Waals surface area contributed by atoms with Crippen molar-refractivity contribution in [3.05, 3.63) is 96.1 Å². The van der Waals surface area contributed by atoms with Gasteiger partial charge >= 0.3 is 0 Å². The highest BCUT2D eigenvalue weighted by molar-refractivity contribution is 8.00. The number of nitrogens with one attached hydrogen (secondary N) is 1. The molecule has 4 heteroatoms. The zero-order valence-corrected chi connectivity index (χ0v) is 15.4. The Morgan fingerprint density at radius 2 is 1.54 bits per heavy atom. The van der Waals surface area contributed by atoms with Crippen LogP contribution in [0.4, 0.5) is 0 Å². The second-order valence-electron chi connectivity index (χ2n) is 5.79. The number of ether oxygens (including phenoxy) is 1. The first-order valence-electron chi connectivity index (χ1n) is 8.43. The van der Waals surface area contributed by atoms with Crippen molar-refractivity contribution >= 4 is 17.7 Å². The van der Waals surface area contributed by atoms with E-state index < -0.39 is 0 Å². The molecule has 0 aliphatic carbocycles. The molecule has 0 radical (unpaired) electrons. The summed E-state index contributed by atoms with van der Waals surface area (Å²) in [7, 11) is 1.64. The Bertz CT molecular complexity index is 820. The number of hydrogen-bond acceptors (Lipinski definition) is 3. The second-order valence-corrected chi connectivity index (χ2v) is 6.97. The van der Waals surface area contributed by atoms with Gasteiger partial charge in [0.25, 0.3) is 0 Å². The molecule has 0 spiro atoms. The summed E-state index contributed by atoms with van der Waals surface area (Å²) in [4.78, 5) is 14.0. The maximum Gasteiger partial charge on any atom is 0.238 e. The lowest BCUT2D eigenvalue weighted by Crippen LogP contribution is -2.27. The van der Waals surface area contributed by atoms with E-state index in [1.54, 1.807) is 18.9 Å². The van der Waals surface area contributed by atoms with E-state index in [1.807, 2.05) is 84.9 Å². The third kappa shape index (κ3) is 4.90. The first kappa shape index (κ1) is 18.1. The maximum atomic E-state index is 12.9. The molecule has 1 N–H and O–H groups in total. The molecule has 0 aromatic heterocycles. The van der Waals surface area contributed by atoms with Crippen LogP contribution in [-0.2, 0) is 11.3 Å². The van der Waals surface area contributed by atoms with Gasteiger partial charge in [-0.05, 0) is 35.4 Å². The van der Waals surface area contributed by atoms with Gasteiger partial charge in [-0.25, -0.2) is 0 Å². The summed E-state index contributed by atoms with van der Waals surface area (Å²) in [5.41, 5.74) is 2.03. The molecule has 26 heavy (non-hydrogen) atoms. The van der Waals surface area contributed by atoms with Crippen LogP contribution in [0.1, 0.15) is 16.4 Å². The standard InChI is InChI=1S/C22H21NO2S/c1-25-19-14-12-17(13-15-19)16-23-22(24)21(18-8-4-2-5-9-18)26-20-10-6-3-7-11-20/h2-15,21H,16H2,1H3,(H,23,24). The van der Waals surface area contributed by atoms with Crippen molar-refractivity contribution in [3.63, 3.8) is 0 Å². The fraction of sp³-hybridized carbons (Fsp3) is 0.136. The SMILES string of the molecule is COc1ccc(CNC(=O)C(Sc2ccccc2)c2ccccc2)cc1. The highest BCUT2D eigenvalue weighted by Crippen LogP contribution is 2.35. The first-order valence-corrected chi connectivity index (χ1v) is 9.31. The summed E-state index contributed by atoms with van der Waals surface area (Å²) in [5.74, 6) is 0.808. The lowest BCUT2D eigenvalue weighted by Gasteiger charge is -2.17. The zero-order chi connectivity index (χ0) is 18.2. The van der Waals surface area contributed by atoms with Gasteiger partial charge in [-0.15, -0.1) is 11.8 Å². The van der Waals surface area contributed by atoms with Crippen LogP contribution in [0.5, 0.6) is 5.75 Å². The monoisotopic (exact) mass is 363 g/mol. The van der Waals surface area contributed by atoms with Crippen molar-refractivity contribution in [3.8, 4) is 5.75 Å². The minimum atomic E-state index is -0.295. The summed E-state index contributed by atoms with van der Waals surface area (Å²) in [6.07, 6.45) is 0. The number of thioether (sulfide) groups is 1. The third-order valence-corrected chi connectivity index (χ3v) is 5.23. The van der Waals surface area contributed by atoms with Gasteiger partial charge in [0.1, 0.15) is 11.0 Å². The molecule has 0 heterocycles. The van der Waals surface area contributed by atoms with E-state index in [9.17, 15) is 4.79 Å². The molecule has 3 rings (SSSR count). The normalized spacial score (nSPS) is 11.6. The van der Waals surface area contributed by atoms with Crippen molar-refractivity contribution in [1.82, 2.24) is 5.32 Å². The first-order chi connectivity index (χ1) is 12.8. The Labute approximate surface area is 158 Å². The summed E-state index contributed by atoms with van der Waals surface area (Å²) in [6, 6.07) is 27.6. The molecule has 1 amide bonds. The van der Waals surface area contributed by atoms with Crippen molar-refractivity contribution in [2.24, 2.45) is 0 Å². The van der Waals surface area contributed by atoms with Crippen molar-refractivity contribution in [1.29, 1.82) is 0 Å². The lowest BCUT2D eigenvalue weighted by atomic mass is 10.1. The predicted molar refractivity (Wildman–Crippen MR) is 106 cm³/mol. The fourth-order valence-electron chi connectivity index (χ4n) is 2.56. The second kappa shape index (κ2) is 9.11. The Morgan fingerprint density at radius 3 is 2.15 bits per heavy atom. The van der Waals surface area contributed by atoms with E-state index in [0.29, 0.717) is 6.54 Å². The van der Waals surface area contributed by atoms with Gasteiger partial charge in [-0.3, -0.25) is 4.79 Å². The van der Waals surface area contributed by atoms with Crippen LogP contribution < -0.4 is 10.1 Å². The van der Waals surface area contributed by atoms with Crippen LogP contribution in [0.2, 0.25) is 0 Å². The van der Waals surface area contributed by atoms with E-state index in [2.05, 4.69) is 5.32 Å². The van der Waals surface area contributed by atoms with Crippen LogP contribution in [-0.4, -0.2) is 13.0 Å². The number of amides is 1. The van der Waals surface area contributed by atoms with Crippen molar-refractivity contribution in [2.45, 2.75) is 16.7 Å². The molecule has 132 valence electrons. The van der Waals surface area contributed by atoms with Crippen molar-refractivity contribution in [2.75, 3.05) is 7.11 Å². The molecule has 0 aliphatic rings. The Kier molecular flexibility index (Phi) is 6.34. The lowest BCUT2D eigenvalue weighted by molar-refractivity contribution is -0.120. The van der Waals surface area contributed by atoms with Gasteiger partial charge in [-0.1, -0.05) is 60.7 Å². The summed E-state index contributed by atoms with van der Waals surface area (Å²) in [5, 5.41) is 2.76. The van der Waals surface area contributed by atoms with Crippen LogP contribution in [0.15, 0.2) is 89.8 Å². The van der Waals surface area contributed by atoms with Crippen LogP contribution in [0, 0.1) is 0 Å². The third-order valence-electron chi connectivity index (χ3n) is 3.96. The van der Waals surface area contributed by atoms with Gasteiger partial charge in [0.2, 0.25) is 5.91 Å². The molecule has 3 aromatic carbocycles. The number of methoxy groups -OCH3 is 1. The largest absolute Gasteiger partial charge is 0.497 e. The Hall–Kier alpha value is -2.72. The van der Waals surface area contributed by atoms with Crippen LogP contribution in [0.3, 0.4) is 0 Å². The molecular weight excluding hydrogens is 342 g/mol. The topological polar surface area (TPSA) is 38.3 Å². The average Bonchev–Trinajstić information content (AvgIpc) is 2.72. The Balaban J connectivity index is 1.71. The highest BCUT2D eigenvalue weighted by Gasteiger charge is 2.21. The fourth-order valence-corrected chi connectivity index (χ4v) is 3.63. The minimum Gasteiger partial charge on any atom is -0.497 e. The van der Waals surface area contributed by atoms with Crippen LogP contribution in [0.25, 0.3) is 0 Å². The molecule has 0 bridgehead atoms. The molecule has 1 unspecified atom stereocenters. The molecule has 3 nitrogen and oxygen atoms in total. The van der Waals surface area contributed by atoms with E-state index in [1.165, 1.54) is 0 Å². The molecule has 0 aliphatic heterocycles. The molecule has 3 aromatic rings. The smallest absolute Gasteiger partial charge is 0.238 e. The zero-order valence-electron chi connectivity index (χ0n) is 14.6. The Morgan fingerprint density at radius 1 is 0.923 bits per heavy atom. The van der Waals surface area contributed by atoms with Crippen molar-refractivity contribution < 1.29 is 9.53 Å². The molecule has 0 saturated heterocycles. The number of benzene rings is 3. The number of hydrogen-bond donors (Lipinski definition) is 1. The molecular formula is C22H21NO2S. The van der Waals surface area contributed by atoms with Gasteiger partial charge in [0.05, 0.1) is 7.11 Å². The van der Waals surface area contributed by atoms with Gasteiger partial charge < -0.3 is 10.1 Å². The number of carbonyl (C=O) groups is 1.